The number of hydrogen-bond donors (Lipinski definition) is 8. The summed E-state index contributed by atoms with van der Waals surface area (Å²) in [5.41, 5.74) is 6.28. The van der Waals surface area contributed by atoms with Crippen molar-refractivity contribution in [2.24, 2.45) is 11.7 Å². The van der Waals surface area contributed by atoms with Crippen LogP contribution in [0.5, 0.6) is 5.75 Å². The van der Waals surface area contributed by atoms with E-state index in [1.54, 1.807) is 13.8 Å². The SMILES string of the molecule is CC(C)C(N)C(=O)NC(CCC(=O)O)C(=O)NC(C(=O)NC(Cc1ccc(O)cc1)C(=O)O)C(C)O. The van der Waals surface area contributed by atoms with Crippen LogP contribution in [0, 0.1) is 5.92 Å². The van der Waals surface area contributed by atoms with E-state index in [4.69, 9.17) is 10.8 Å². The summed E-state index contributed by atoms with van der Waals surface area (Å²) >= 11 is 0. The van der Waals surface area contributed by atoms with Crippen LogP contribution in [0.4, 0.5) is 0 Å². The zero-order chi connectivity index (χ0) is 27.6. The van der Waals surface area contributed by atoms with Gasteiger partial charge in [0.2, 0.25) is 17.7 Å². The van der Waals surface area contributed by atoms with Crippen molar-refractivity contribution in [2.45, 2.75) is 70.3 Å². The van der Waals surface area contributed by atoms with Crippen LogP contribution < -0.4 is 21.7 Å². The Morgan fingerprint density at radius 3 is 1.89 bits per heavy atom. The van der Waals surface area contributed by atoms with Gasteiger partial charge in [0.05, 0.1) is 12.1 Å². The molecule has 0 spiro atoms. The highest BCUT2D eigenvalue weighted by Gasteiger charge is 2.33. The van der Waals surface area contributed by atoms with Crippen LogP contribution in [0.3, 0.4) is 0 Å². The summed E-state index contributed by atoms with van der Waals surface area (Å²) < 4.78 is 0. The number of amides is 3. The molecule has 36 heavy (non-hydrogen) atoms. The van der Waals surface area contributed by atoms with Crippen LogP contribution in [-0.4, -0.2) is 80.4 Å². The first-order chi connectivity index (χ1) is 16.7. The molecule has 1 aromatic rings. The van der Waals surface area contributed by atoms with Crippen LogP contribution in [-0.2, 0) is 30.4 Å². The van der Waals surface area contributed by atoms with Crippen molar-refractivity contribution < 1.29 is 44.4 Å². The molecule has 9 N–H and O–H groups in total. The molecule has 13 nitrogen and oxygen atoms in total. The number of carbonyl (C=O) groups excluding carboxylic acids is 3. The number of aliphatic carboxylic acids is 2. The Kier molecular flexibility index (Phi) is 11.8. The predicted octanol–water partition coefficient (Wildman–Crippen LogP) is -1.30. The lowest BCUT2D eigenvalue weighted by Gasteiger charge is -2.26. The zero-order valence-electron chi connectivity index (χ0n) is 20.3. The third-order valence-electron chi connectivity index (χ3n) is 5.35. The Balaban J connectivity index is 3.00. The maximum Gasteiger partial charge on any atom is 0.326 e. The quantitative estimate of drug-likeness (QED) is 0.147. The Hall–Kier alpha value is -3.71. The largest absolute Gasteiger partial charge is 0.508 e. The molecule has 5 atom stereocenters. The molecular formula is C23H34N4O9. The molecule has 5 unspecified atom stereocenters. The molecule has 0 aromatic heterocycles. The number of phenols is 1. The van der Waals surface area contributed by atoms with E-state index in [0.29, 0.717) is 5.56 Å². The van der Waals surface area contributed by atoms with Crippen molar-refractivity contribution in [3.63, 3.8) is 0 Å². The number of rotatable bonds is 14. The number of carboxylic acids is 2. The molecule has 0 bridgehead atoms. The van der Waals surface area contributed by atoms with Gasteiger partial charge >= 0.3 is 11.9 Å². The number of carboxylic acid groups (broad SMARTS) is 2. The maximum absolute atomic E-state index is 12.9. The molecule has 0 aliphatic heterocycles. The maximum atomic E-state index is 12.9. The van der Waals surface area contributed by atoms with E-state index in [1.165, 1.54) is 31.2 Å². The predicted molar refractivity (Wildman–Crippen MR) is 127 cm³/mol. The fraction of sp³-hybridized carbons (Fsp3) is 0.522. The highest BCUT2D eigenvalue weighted by molar-refractivity contribution is 5.94. The van der Waals surface area contributed by atoms with Gasteiger partial charge in [-0.25, -0.2) is 4.79 Å². The molecule has 0 aliphatic carbocycles. The van der Waals surface area contributed by atoms with E-state index in [0.717, 1.165) is 0 Å². The van der Waals surface area contributed by atoms with Crippen LogP contribution in [0.1, 0.15) is 39.2 Å². The fourth-order valence-electron chi connectivity index (χ4n) is 3.10. The minimum atomic E-state index is -1.61. The van der Waals surface area contributed by atoms with Gasteiger partial charge in [-0.2, -0.15) is 0 Å². The molecule has 0 heterocycles. The second kappa shape index (κ2) is 14.0. The van der Waals surface area contributed by atoms with E-state index < -0.39 is 66.4 Å². The Morgan fingerprint density at radius 2 is 1.42 bits per heavy atom. The van der Waals surface area contributed by atoms with Gasteiger partial charge in [0, 0.05) is 12.8 Å². The fourth-order valence-corrected chi connectivity index (χ4v) is 3.10. The lowest BCUT2D eigenvalue weighted by atomic mass is 10.0. The molecule has 1 aromatic carbocycles. The summed E-state index contributed by atoms with van der Waals surface area (Å²) in [5.74, 6) is -5.55. The number of phenolic OH excluding ortho intramolecular Hbond substituents is 1. The van der Waals surface area contributed by atoms with Crippen molar-refractivity contribution in [3.8, 4) is 5.75 Å². The van der Waals surface area contributed by atoms with Gasteiger partial charge in [-0.15, -0.1) is 0 Å². The molecule has 0 aliphatic rings. The van der Waals surface area contributed by atoms with Crippen molar-refractivity contribution >= 4 is 29.7 Å². The summed E-state index contributed by atoms with van der Waals surface area (Å²) in [7, 11) is 0. The standard InChI is InChI=1S/C23H34N4O9/c1-11(2)18(24)21(33)25-15(8-9-17(30)31)20(32)27-19(12(3)28)22(34)26-16(23(35)36)10-13-4-6-14(29)7-5-13/h4-7,11-12,15-16,18-19,28-29H,8-10,24H2,1-3H3,(H,25,33)(H,26,34)(H,27,32)(H,30,31)(H,35,36). The smallest absolute Gasteiger partial charge is 0.326 e. The van der Waals surface area contributed by atoms with Crippen LogP contribution in [0.25, 0.3) is 0 Å². The Morgan fingerprint density at radius 1 is 0.861 bits per heavy atom. The number of aliphatic hydroxyl groups is 1. The third kappa shape index (κ3) is 9.88. The highest BCUT2D eigenvalue weighted by Crippen LogP contribution is 2.12. The van der Waals surface area contributed by atoms with Crippen LogP contribution in [0.2, 0.25) is 0 Å². The van der Waals surface area contributed by atoms with Gasteiger partial charge in [0.15, 0.2) is 0 Å². The van der Waals surface area contributed by atoms with Crippen LogP contribution >= 0.6 is 0 Å². The molecule has 200 valence electrons. The molecule has 3 amide bonds. The third-order valence-corrected chi connectivity index (χ3v) is 5.35. The highest BCUT2D eigenvalue weighted by atomic mass is 16.4. The van der Waals surface area contributed by atoms with Crippen molar-refractivity contribution in [1.82, 2.24) is 16.0 Å². The van der Waals surface area contributed by atoms with Crippen molar-refractivity contribution in [1.29, 1.82) is 0 Å². The van der Waals surface area contributed by atoms with E-state index in [9.17, 15) is 39.3 Å². The number of nitrogens with two attached hydrogens (primary N) is 1. The minimum absolute atomic E-state index is 0.0227. The average Bonchev–Trinajstić information content (AvgIpc) is 2.79. The number of aliphatic hydroxyl groups excluding tert-OH is 1. The number of aromatic hydroxyl groups is 1. The van der Waals surface area contributed by atoms with E-state index in [1.807, 2.05) is 0 Å². The number of hydrogen-bond acceptors (Lipinski definition) is 8. The van der Waals surface area contributed by atoms with Crippen molar-refractivity contribution in [2.75, 3.05) is 0 Å². The molecular weight excluding hydrogens is 476 g/mol. The Bertz CT molecular complexity index is 934. The molecule has 0 fully saturated rings. The van der Waals surface area contributed by atoms with Gasteiger partial charge in [-0.1, -0.05) is 26.0 Å². The number of nitrogens with one attached hydrogen (secondary N) is 3. The van der Waals surface area contributed by atoms with E-state index >= 15 is 0 Å². The summed E-state index contributed by atoms with van der Waals surface area (Å²) in [6.07, 6.45) is -2.41. The number of benzene rings is 1. The second-order valence-corrected chi connectivity index (χ2v) is 8.76. The monoisotopic (exact) mass is 510 g/mol. The van der Waals surface area contributed by atoms with Crippen LogP contribution in [0.15, 0.2) is 24.3 Å². The molecule has 0 radical (unpaired) electrons. The van der Waals surface area contributed by atoms with E-state index in [-0.39, 0.29) is 24.5 Å². The van der Waals surface area contributed by atoms with Gasteiger partial charge in [0.25, 0.3) is 0 Å². The normalized spacial score (nSPS) is 15.2. The minimum Gasteiger partial charge on any atom is -0.508 e. The first-order valence-electron chi connectivity index (χ1n) is 11.3. The van der Waals surface area contributed by atoms with E-state index in [2.05, 4.69) is 16.0 Å². The van der Waals surface area contributed by atoms with Gasteiger partial charge < -0.3 is 42.1 Å². The number of carbonyl (C=O) groups is 5. The van der Waals surface area contributed by atoms with Gasteiger partial charge in [-0.05, 0) is 37.0 Å². The lowest BCUT2D eigenvalue weighted by Crippen LogP contribution is -2.60. The Labute approximate surface area is 208 Å². The summed E-state index contributed by atoms with van der Waals surface area (Å²) in [4.78, 5) is 60.7. The van der Waals surface area contributed by atoms with Gasteiger partial charge in [-0.3, -0.25) is 19.2 Å². The zero-order valence-corrected chi connectivity index (χ0v) is 20.3. The van der Waals surface area contributed by atoms with Gasteiger partial charge in [0.1, 0.15) is 23.9 Å². The van der Waals surface area contributed by atoms with Crippen molar-refractivity contribution in [3.05, 3.63) is 29.8 Å². The molecule has 0 saturated carbocycles. The summed E-state index contributed by atoms with van der Waals surface area (Å²) in [6, 6.07) is 0.272. The molecule has 13 heteroatoms. The first-order valence-corrected chi connectivity index (χ1v) is 11.3. The topological polar surface area (TPSA) is 228 Å². The molecule has 0 saturated heterocycles. The molecule has 1 rings (SSSR count). The first kappa shape index (κ1) is 30.3. The summed E-state index contributed by atoms with van der Waals surface area (Å²) in [5, 5.41) is 44.8. The summed E-state index contributed by atoms with van der Waals surface area (Å²) in [6.45, 7) is 4.56. The lowest BCUT2D eigenvalue weighted by molar-refractivity contribution is -0.143. The average molecular weight is 511 g/mol. The second-order valence-electron chi connectivity index (χ2n) is 8.76.